The molecule has 0 aliphatic rings. The summed E-state index contributed by atoms with van der Waals surface area (Å²) in [5.74, 6) is -0.253. The number of aryl methyl sites for hydroxylation is 2. The monoisotopic (exact) mass is 369 g/mol. The molecular formula is C20H25N4O3+. The Bertz CT molecular complexity index is 1070. The van der Waals surface area contributed by atoms with Crippen LogP contribution in [0.2, 0.25) is 0 Å². The molecule has 27 heavy (non-hydrogen) atoms. The van der Waals surface area contributed by atoms with Gasteiger partial charge in [0.1, 0.15) is 10.9 Å². The largest absolute Gasteiger partial charge is 0.462 e. The second-order valence-electron chi connectivity index (χ2n) is 6.56. The molecule has 0 bridgehead atoms. The van der Waals surface area contributed by atoms with Gasteiger partial charge in [0.2, 0.25) is 11.5 Å². The summed E-state index contributed by atoms with van der Waals surface area (Å²) in [4.78, 5) is 30.2. The first kappa shape index (κ1) is 18.8. The van der Waals surface area contributed by atoms with Crippen LogP contribution >= 0.6 is 0 Å². The molecule has 0 fully saturated rings. The number of nitrogens with zero attached hydrogens (tertiary/aromatic N) is 3. The number of unbranched alkanes of at least 4 members (excludes halogenated alkanes) is 2. The van der Waals surface area contributed by atoms with Crippen LogP contribution in [0.3, 0.4) is 0 Å². The lowest BCUT2D eigenvalue weighted by Crippen LogP contribution is -2.42. The quantitative estimate of drug-likeness (QED) is 0.312. The fourth-order valence-corrected chi connectivity index (χ4v) is 3.23. The lowest BCUT2D eigenvalue weighted by molar-refractivity contribution is -0.659. The van der Waals surface area contributed by atoms with E-state index in [1.807, 2.05) is 13.0 Å². The molecule has 3 rings (SSSR count). The second-order valence-corrected chi connectivity index (χ2v) is 6.56. The van der Waals surface area contributed by atoms with E-state index in [-0.39, 0.29) is 23.5 Å². The molecule has 0 amide bonds. The smallest absolute Gasteiger partial charge is 0.344 e. The number of pyridine rings is 2. The summed E-state index contributed by atoms with van der Waals surface area (Å²) < 4.78 is 8.39. The van der Waals surface area contributed by atoms with E-state index in [4.69, 9.17) is 15.5 Å². The van der Waals surface area contributed by atoms with E-state index in [0.717, 1.165) is 24.8 Å². The molecule has 0 aliphatic carbocycles. The maximum Gasteiger partial charge on any atom is 0.344 e. The van der Waals surface area contributed by atoms with Crippen LogP contribution in [0.5, 0.6) is 0 Å². The van der Waals surface area contributed by atoms with E-state index < -0.39 is 5.97 Å². The van der Waals surface area contributed by atoms with Crippen LogP contribution in [0.25, 0.3) is 16.7 Å². The molecule has 0 spiro atoms. The first-order chi connectivity index (χ1) is 13.0. The van der Waals surface area contributed by atoms with Gasteiger partial charge in [0.15, 0.2) is 0 Å². The van der Waals surface area contributed by atoms with Gasteiger partial charge in [-0.1, -0.05) is 30.8 Å². The number of anilines is 1. The molecule has 0 radical (unpaired) electrons. The lowest BCUT2D eigenvalue weighted by atomic mass is 10.1. The van der Waals surface area contributed by atoms with Crippen LogP contribution in [-0.4, -0.2) is 22.0 Å². The molecular weight excluding hydrogens is 344 g/mol. The molecule has 2 N–H and O–H groups in total. The Kier molecular flexibility index (Phi) is 5.39. The highest BCUT2D eigenvalue weighted by Gasteiger charge is 2.25. The van der Waals surface area contributed by atoms with E-state index in [2.05, 4.69) is 6.92 Å². The van der Waals surface area contributed by atoms with Gasteiger partial charge in [-0.15, -0.1) is 0 Å². The van der Waals surface area contributed by atoms with Crippen molar-refractivity contribution in [3.63, 3.8) is 0 Å². The maximum atomic E-state index is 13.1. The SMILES string of the molecule is CCCCC[n+]1c(N)c(C(=O)OCC)cc2c(=O)n3cccc(C)c3nc21. The summed E-state index contributed by atoms with van der Waals surface area (Å²) in [7, 11) is 0. The number of nitrogens with two attached hydrogens (primary N) is 1. The van der Waals surface area contributed by atoms with E-state index >= 15 is 0 Å². The topological polar surface area (TPSA) is 90.6 Å². The van der Waals surface area contributed by atoms with Gasteiger partial charge in [-0.25, -0.2) is 9.36 Å². The molecule has 0 saturated carbocycles. The van der Waals surface area contributed by atoms with Crippen LogP contribution in [0.1, 0.15) is 49.0 Å². The number of aromatic nitrogens is 3. The highest BCUT2D eigenvalue weighted by molar-refractivity contribution is 5.96. The minimum absolute atomic E-state index is 0.201. The summed E-state index contributed by atoms with van der Waals surface area (Å²) in [5, 5.41) is 0.354. The Morgan fingerprint density at radius 2 is 2.11 bits per heavy atom. The highest BCUT2D eigenvalue weighted by Crippen LogP contribution is 2.17. The zero-order valence-corrected chi connectivity index (χ0v) is 16.0. The van der Waals surface area contributed by atoms with E-state index in [1.54, 1.807) is 23.8 Å². The number of carbonyl (C=O) groups excluding carboxylic acids is 1. The third-order valence-electron chi connectivity index (χ3n) is 4.66. The number of nitrogen functional groups attached to an aromatic ring is 1. The molecule has 3 aromatic heterocycles. The molecule has 7 heteroatoms. The number of hydrogen-bond donors (Lipinski definition) is 1. The molecule has 142 valence electrons. The summed E-state index contributed by atoms with van der Waals surface area (Å²) in [6.07, 6.45) is 4.62. The van der Waals surface area contributed by atoms with Crippen LogP contribution in [0.4, 0.5) is 5.82 Å². The number of rotatable bonds is 6. The van der Waals surface area contributed by atoms with Crippen molar-refractivity contribution in [2.45, 2.75) is 46.6 Å². The Morgan fingerprint density at radius 3 is 2.81 bits per heavy atom. The minimum atomic E-state index is -0.533. The number of fused-ring (bicyclic) bond motifs is 2. The standard InChI is InChI=1S/C20H24N4O3/c1-4-6-7-10-23-16(21)14(20(26)27-5-2)12-15-18(23)22-17-13(3)9-8-11-24(17)19(15)25/h8-9,11-12,21H,4-7,10H2,1-3H3/p+1. The number of hydrogen-bond acceptors (Lipinski definition) is 5. The third kappa shape index (κ3) is 3.37. The minimum Gasteiger partial charge on any atom is -0.462 e. The molecule has 0 aliphatic heterocycles. The van der Waals surface area contributed by atoms with Crippen LogP contribution in [-0.2, 0) is 11.3 Å². The molecule has 0 saturated heterocycles. The van der Waals surface area contributed by atoms with Gasteiger partial charge in [0, 0.05) is 11.8 Å². The predicted octanol–water partition coefficient (Wildman–Crippen LogP) is 2.39. The van der Waals surface area contributed by atoms with Crippen molar-refractivity contribution in [3.05, 3.63) is 45.9 Å². The highest BCUT2D eigenvalue weighted by atomic mass is 16.5. The third-order valence-corrected chi connectivity index (χ3v) is 4.66. The molecule has 3 aromatic rings. The Labute approximate surface area is 157 Å². The summed E-state index contributed by atoms with van der Waals surface area (Å²) in [6.45, 7) is 6.57. The summed E-state index contributed by atoms with van der Waals surface area (Å²) in [6, 6.07) is 5.21. The van der Waals surface area contributed by atoms with Gasteiger partial charge >= 0.3 is 5.97 Å². The maximum absolute atomic E-state index is 13.1. The van der Waals surface area contributed by atoms with Crippen molar-refractivity contribution >= 4 is 28.5 Å². The van der Waals surface area contributed by atoms with E-state index in [9.17, 15) is 9.59 Å². The van der Waals surface area contributed by atoms with Gasteiger partial charge in [-0.2, -0.15) is 0 Å². The molecule has 0 atom stereocenters. The van der Waals surface area contributed by atoms with Crippen molar-refractivity contribution in [1.29, 1.82) is 0 Å². The average molecular weight is 369 g/mol. The molecule has 3 heterocycles. The molecule has 0 unspecified atom stereocenters. The number of carbonyl (C=O) groups is 1. The van der Waals surface area contributed by atoms with E-state index in [1.165, 1.54) is 10.5 Å². The number of ether oxygens (including phenoxy) is 1. The summed E-state index contributed by atoms with van der Waals surface area (Å²) >= 11 is 0. The van der Waals surface area contributed by atoms with Crippen LogP contribution in [0, 0.1) is 6.92 Å². The van der Waals surface area contributed by atoms with Crippen molar-refractivity contribution in [2.24, 2.45) is 0 Å². The first-order valence-electron chi connectivity index (χ1n) is 9.30. The Hall–Kier alpha value is -2.96. The fourth-order valence-electron chi connectivity index (χ4n) is 3.23. The van der Waals surface area contributed by atoms with Gasteiger partial charge < -0.3 is 10.5 Å². The van der Waals surface area contributed by atoms with Gasteiger partial charge in [-0.3, -0.25) is 9.20 Å². The Balaban J connectivity index is 2.36. The van der Waals surface area contributed by atoms with Crippen molar-refractivity contribution < 1.29 is 14.1 Å². The normalized spacial score (nSPS) is 11.2. The van der Waals surface area contributed by atoms with Crippen LogP contribution in [0.15, 0.2) is 29.2 Å². The van der Waals surface area contributed by atoms with Crippen molar-refractivity contribution in [1.82, 2.24) is 9.38 Å². The zero-order valence-electron chi connectivity index (χ0n) is 16.0. The first-order valence-corrected chi connectivity index (χ1v) is 9.30. The Morgan fingerprint density at radius 1 is 1.33 bits per heavy atom. The molecule has 0 aromatic carbocycles. The van der Waals surface area contributed by atoms with Crippen molar-refractivity contribution in [2.75, 3.05) is 12.3 Å². The zero-order chi connectivity index (χ0) is 19.6. The second kappa shape index (κ2) is 7.73. The average Bonchev–Trinajstić information content (AvgIpc) is 2.65. The predicted molar refractivity (Wildman–Crippen MR) is 104 cm³/mol. The fraction of sp³-hybridized carbons (Fsp3) is 0.400. The van der Waals surface area contributed by atoms with Crippen molar-refractivity contribution in [3.8, 4) is 0 Å². The number of esters is 1. The van der Waals surface area contributed by atoms with Gasteiger partial charge in [0.25, 0.3) is 11.2 Å². The lowest BCUT2D eigenvalue weighted by Gasteiger charge is -2.12. The van der Waals surface area contributed by atoms with Gasteiger partial charge in [-0.05, 0) is 32.4 Å². The van der Waals surface area contributed by atoms with Gasteiger partial charge in [0.05, 0.1) is 13.2 Å². The summed E-state index contributed by atoms with van der Waals surface area (Å²) in [5.41, 5.74) is 8.26. The van der Waals surface area contributed by atoms with Crippen LogP contribution < -0.4 is 15.9 Å². The van der Waals surface area contributed by atoms with E-state index in [0.29, 0.717) is 23.2 Å². The molecule has 7 nitrogen and oxygen atoms in total.